The highest BCUT2D eigenvalue weighted by atomic mass is 19.1. The van der Waals surface area contributed by atoms with E-state index in [1.807, 2.05) is 0 Å². The normalized spacial score (nSPS) is 12.0. The number of hydrogen-bond acceptors (Lipinski definition) is 3. The molecule has 2 aromatic carbocycles. The summed E-state index contributed by atoms with van der Waals surface area (Å²) >= 11 is 0. The number of esters is 1. The Bertz CT molecular complexity index is 772. The fourth-order valence-corrected chi connectivity index (χ4v) is 1.97. The van der Waals surface area contributed by atoms with E-state index in [1.165, 1.54) is 37.3 Å². The van der Waals surface area contributed by atoms with Crippen LogP contribution in [0.1, 0.15) is 18.1 Å². The summed E-state index contributed by atoms with van der Waals surface area (Å²) in [5.74, 6) is -2.07. The molecule has 0 saturated carbocycles. The zero-order valence-corrected chi connectivity index (χ0v) is 13.5. The van der Waals surface area contributed by atoms with Gasteiger partial charge in [-0.25, -0.2) is 13.6 Å². The van der Waals surface area contributed by atoms with Crippen molar-refractivity contribution in [3.05, 3.63) is 77.4 Å². The molecule has 1 unspecified atom stereocenters. The first kappa shape index (κ1) is 18.3. The molecule has 25 heavy (non-hydrogen) atoms. The second kappa shape index (κ2) is 8.73. The highest BCUT2D eigenvalue weighted by Gasteiger charge is 2.16. The Morgan fingerprint density at radius 2 is 1.80 bits per heavy atom. The molecule has 0 aromatic heterocycles. The molecule has 0 heterocycles. The van der Waals surface area contributed by atoms with E-state index >= 15 is 0 Å². The molecule has 0 aliphatic heterocycles. The van der Waals surface area contributed by atoms with Crippen LogP contribution in [-0.2, 0) is 20.9 Å². The number of hydrogen-bond donors (Lipinski definition) is 1. The molecule has 0 bridgehead atoms. The number of halogens is 2. The molecule has 0 saturated heterocycles. The molecule has 2 rings (SSSR count). The van der Waals surface area contributed by atoms with Crippen LogP contribution in [0.25, 0.3) is 6.08 Å². The van der Waals surface area contributed by atoms with Gasteiger partial charge in [-0.05, 0) is 36.8 Å². The summed E-state index contributed by atoms with van der Waals surface area (Å²) in [6, 6.07) is 11.6. The third kappa shape index (κ3) is 5.84. The van der Waals surface area contributed by atoms with Gasteiger partial charge in [0.05, 0.1) is 0 Å². The van der Waals surface area contributed by atoms with Gasteiger partial charge in [0.2, 0.25) is 0 Å². The Kier molecular flexibility index (Phi) is 6.39. The summed E-state index contributed by atoms with van der Waals surface area (Å²) in [4.78, 5) is 23.6. The molecule has 1 N–H and O–H groups in total. The third-order valence-electron chi connectivity index (χ3n) is 3.35. The van der Waals surface area contributed by atoms with Gasteiger partial charge >= 0.3 is 5.97 Å². The molecule has 0 aliphatic rings. The zero-order chi connectivity index (χ0) is 18.2. The van der Waals surface area contributed by atoms with Gasteiger partial charge in [-0.2, -0.15) is 0 Å². The number of rotatable bonds is 6. The van der Waals surface area contributed by atoms with Crippen molar-refractivity contribution in [1.82, 2.24) is 5.32 Å². The number of carbonyl (C=O) groups excluding carboxylic acids is 2. The highest BCUT2D eigenvalue weighted by molar-refractivity contribution is 5.90. The first-order valence-corrected chi connectivity index (χ1v) is 7.61. The Morgan fingerprint density at radius 3 is 2.48 bits per heavy atom. The molecule has 1 amide bonds. The maximum atomic E-state index is 13.4. The lowest BCUT2D eigenvalue weighted by Crippen LogP contribution is -2.35. The lowest BCUT2D eigenvalue weighted by Gasteiger charge is -2.12. The van der Waals surface area contributed by atoms with Crippen LogP contribution in [-0.4, -0.2) is 18.0 Å². The summed E-state index contributed by atoms with van der Waals surface area (Å²) in [6.07, 6.45) is 1.32. The van der Waals surface area contributed by atoms with Crippen molar-refractivity contribution in [2.75, 3.05) is 0 Å². The number of amides is 1. The molecule has 2 aromatic rings. The molecule has 4 nitrogen and oxygen atoms in total. The van der Waals surface area contributed by atoms with Crippen molar-refractivity contribution in [2.24, 2.45) is 0 Å². The standard InChI is InChI=1S/C19H17F2NO3/c1-13(19(24)22-12-14-6-9-16(20)10-7-14)25-18(23)11-8-15-4-2-3-5-17(15)21/h2-11,13H,12H2,1H3,(H,22,24)/b11-8+. The SMILES string of the molecule is CC(OC(=O)/C=C/c1ccccc1F)C(=O)NCc1ccc(F)cc1. The third-order valence-corrected chi connectivity index (χ3v) is 3.35. The number of nitrogens with one attached hydrogen (secondary N) is 1. The average molecular weight is 345 g/mol. The number of ether oxygens (including phenoxy) is 1. The van der Waals surface area contributed by atoms with Crippen LogP contribution in [0.5, 0.6) is 0 Å². The summed E-state index contributed by atoms with van der Waals surface area (Å²) in [6.45, 7) is 1.61. The number of benzene rings is 2. The Hall–Kier alpha value is -3.02. The van der Waals surface area contributed by atoms with E-state index in [4.69, 9.17) is 4.74 Å². The Morgan fingerprint density at radius 1 is 1.12 bits per heavy atom. The summed E-state index contributed by atoms with van der Waals surface area (Å²) in [5, 5.41) is 2.58. The van der Waals surface area contributed by atoms with Gasteiger partial charge in [-0.1, -0.05) is 30.3 Å². The van der Waals surface area contributed by atoms with Crippen LogP contribution in [0.2, 0.25) is 0 Å². The van der Waals surface area contributed by atoms with Gasteiger partial charge in [0.1, 0.15) is 11.6 Å². The van der Waals surface area contributed by atoms with Crippen LogP contribution in [0.4, 0.5) is 8.78 Å². The second-order valence-corrected chi connectivity index (χ2v) is 5.28. The molecule has 0 spiro atoms. The smallest absolute Gasteiger partial charge is 0.331 e. The van der Waals surface area contributed by atoms with Crippen LogP contribution < -0.4 is 5.32 Å². The monoisotopic (exact) mass is 345 g/mol. The van der Waals surface area contributed by atoms with E-state index < -0.39 is 23.8 Å². The zero-order valence-electron chi connectivity index (χ0n) is 13.5. The maximum absolute atomic E-state index is 13.4. The topological polar surface area (TPSA) is 55.4 Å². The quantitative estimate of drug-likeness (QED) is 0.646. The van der Waals surface area contributed by atoms with Crippen molar-refractivity contribution in [1.29, 1.82) is 0 Å². The maximum Gasteiger partial charge on any atom is 0.331 e. The van der Waals surface area contributed by atoms with Crippen molar-refractivity contribution in [3.63, 3.8) is 0 Å². The molecule has 6 heteroatoms. The van der Waals surface area contributed by atoms with Crippen LogP contribution in [0.3, 0.4) is 0 Å². The Balaban J connectivity index is 1.82. The largest absolute Gasteiger partial charge is 0.449 e. The van der Waals surface area contributed by atoms with Crippen LogP contribution in [0, 0.1) is 11.6 Å². The van der Waals surface area contributed by atoms with E-state index in [9.17, 15) is 18.4 Å². The van der Waals surface area contributed by atoms with Crippen molar-refractivity contribution >= 4 is 18.0 Å². The lowest BCUT2D eigenvalue weighted by atomic mass is 10.2. The summed E-state index contributed by atoms with van der Waals surface area (Å²) in [7, 11) is 0. The first-order valence-electron chi connectivity index (χ1n) is 7.61. The van der Waals surface area contributed by atoms with E-state index in [0.717, 1.165) is 6.08 Å². The predicted octanol–water partition coefficient (Wildman–Crippen LogP) is 3.23. The molecular weight excluding hydrogens is 328 g/mol. The van der Waals surface area contributed by atoms with Crippen molar-refractivity contribution in [2.45, 2.75) is 19.6 Å². The van der Waals surface area contributed by atoms with Gasteiger partial charge in [-0.15, -0.1) is 0 Å². The minimum absolute atomic E-state index is 0.187. The van der Waals surface area contributed by atoms with Crippen LogP contribution in [0.15, 0.2) is 54.6 Å². The number of carbonyl (C=O) groups is 2. The summed E-state index contributed by atoms with van der Waals surface area (Å²) in [5.41, 5.74) is 0.959. The van der Waals surface area contributed by atoms with Crippen molar-refractivity contribution < 1.29 is 23.1 Å². The van der Waals surface area contributed by atoms with Gasteiger partial charge in [-0.3, -0.25) is 4.79 Å². The van der Waals surface area contributed by atoms with Gasteiger partial charge in [0, 0.05) is 18.2 Å². The first-order chi connectivity index (χ1) is 12.0. The van der Waals surface area contributed by atoms with E-state index in [0.29, 0.717) is 5.56 Å². The molecular formula is C19H17F2NO3. The van der Waals surface area contributed by atoms with Gasteiger partial charge in [0.25, 0.3) is 5.91 Å². The summed E-state index contributed by atoms with van der Waals surface area (Å²) < 4.78 is 31.2. The second-order valence-electron chi connectivity index (χ2n) is 5.28. The van der Waals surface area contributed by atoms with Gasteiger partial charge in [0.15, 0.2) is 6.10 Å². The van der Waals surface area contributed by atoms with E-state index in [2.05, 4.69) is 5.32 Å². The fourth-order valence-electron chi connectivity index (χ4n) is 1.97. The molecule has 0 aliphatic carbocycles. The lowest BCUT2D eigenvalue weighted by molar-refractivity contribution is -0.150. The predicted molar refractivity (Wildman–Crippen MR) is 89.2 cm³/mol. The molecule has 130 valence electrons. The van der Waals surface area contributed by atoms with Gasteiger partial charge < -0.3 is 10.1 Å². The minimum atomic E-state index is -1.02. The van der Waals surface area contributed by atoms with Crippen molar-refractivity contribution in [3.8, 4) is 0 Å². The molecule has 0 fully saturated rings. The minimum Gasteiger partial charge on any atom is -0.449 e. The van der Waals surface area contributed by atoms with E-state index in [-0.39, 0.29) is 17.9 Å². The fraction of sp³-hybridized carbons (Fsp3) is 0.158. The molecule has 1 atom stereocenters. The Labute approximate surface area is 144 Å². The molecule has 0 radical (unpaired) electrons. The average Bonchev–Trinajstić information content (AvgIpc) is 2.60. The van der Waals surface area contributed by atoms with Crippen LogP contribution >= 0.6 is 0 Å². The van der Waals surface area contributed by atoms with E-state index in [1.54, 1.807) is 24.3 Å². The highest BCUT2D eigenvalue weighted by Crippen LogP contribution is 2.08.